The van der Waals surface area contributed by atoms with Gasteiger partial charge in [-0.15, -0.1) is 0 Å². The predicted molar refractivity (Wildman–Crippen MR) is 70.0 cm³/mol. The quantitative estimate of drug-likeness (QED) is 0.695. The monoisotopic (exact) mass is 285 g/mol. The van der Waals surface area contributed by atoms with Gasteiger partial charge in [-0.2, -0.15) is 13.5 Å². The number of nitrogens with one attached hydrogen (secondary N) is 1. The van der Waals surface area contributed by atoms with Gasteiger partial charge in [-0.25, -0.2) is 8.42 Å². The third kappa shape index (κ3) is 7.97. The molecule has 0 bridgehead atoms. The lowest BCUT2D eigenvalue weighted by Gasteiger charge is -2.34. The molecule has 0 fully saturated rings. The van der Waals surface area contributed by atoms with Gasteiger partial charge >= 0.3 is 6.55 Å². The maximum Gasteiger partial charge on any atom is 0.304 e. The van der Waals surface area contributed by atoms with E-state index >= 15 is 0 Å². The second-order valence-electron chi connectivity index (χ2n) is 6.43. The zero-order valence-corrected chi connectivity index (χ0v) is 12.7. The van der Waals surface area contributed by atoms with E-state index in [0.717, 1.165) is 12.8 Å². The van der Waals surface area contributed by atoms with Crippen LogP contribution < -0.4 is 4.72 Å². The van der Waals surface area contributed by atoms with Gasteiger partial charge in [-0.3, -0.25) is 0 Å². The Kier molecular flexibility index (Phi) is 6.20. The van der Waals surface area contributed by atoms with Crippen LogP contribution in [0.25, 0.3) is 0 Å². The number of alkyl halides is 2. The summed E-state index contributed by atoms with van der Waals surface area (Å²) < 4.78 is 48.5. The molecule has 0 saturated heterocycles. The fourth-order valence-electron chi connectivity index (χ4n) is 2.80. The molecule has 110 valence electrons. The van der Waals surface area contributed by atoms with Gasteiger partial charge in [-0.1, -0.05) is 41.0 Å². The smallest absolute Gasteiger partial charge is 0.212 e. The molecule has 6 heteroatoms. The minimum absolute atomic E-state index is 0.0125. The summed E-state index contributed by atoms with van der Waals surface area (Å²) in [5.74, 6) is -0.280. The Balaban J connectivity index is 4.66. The molecule has 3 nitrogen and oxygen atoms in total. The second kappa shape index (κ2) is 6.28. The van der Waals surface area contributed by atoms with Crippen molar-refractivity contribution in [1.82, 2.24) is 4.72 Å². The Morgan fingerprint density at radius 2 is 1.61 bits per heavy atom. The maximum absolute atomic E-state index is 12.1. The summed E-state index contributed by atoms with van der Waals surface area (Å²) in [6.07, 6.45) is 2.68. The molecule has 0 unspecified atom stereocenters. The molecule has 0 aliphatic rings. The summed E-state index contributed by atoms with van der Waals surface area (Å²) in [7, 11) is -3.93. The summed E-state index contributed by atoms with van der Waals surface area (Å²) in [6.45, 7) is 6.79. The maximum atomic E-state index is 12.1. The Bertz CT molecular complexity index is 351. The standard InChI is InChI=1S/C12H25F2NO2S/c1-6-7-11(2,3)8-12(4,5)9-18(16,17)15-10(13)14/h10,15H,6-9H2,1-5H3. The van der Waals surface area contributed by atoms with E-state index in [9.17, 15) is 17.2 Å². The topological polar surface area (TPSA) is 46.2 Å². The van der Waals surface area contributed by atoms with Crippen LogP contribution in [-0.2, 0) is 10.0 Å². The van der Waals surface area contributed by atoms with Crippen LogP contribution in [0.3, 0.4) is 0 Å². The molecule has 0 aliphatic carbocycles. The summed E-state index contributed by atoms with van der Waals surface area (Å²) in [4.78, 5) is 0. The summed E-state index contributed by atoms with van der Waals surface area (Å²) in [5.41, 5.74) is -0.516. The lowest BCUT2D eigenvalue weighted by Crippen LogP contribution is -2.38. The molecule has 0 spiro atoms. The first-order valence-electron chi connectivity index (χ1n) is 6.17. The SMILES string of the molecule is CCCC(C)(C)CC(C)(C)CS(=O)(=O)NC(F)F. The van der Waals surface area contributed by atoms with Gasteiger partial charge in [0, 0.05) is 0 Å². The minimum atomic E-state index is -3.93. The highest BCUT2D eigenvalue weighted by Gasteiger charge is 2.33. The van der Waals surface area contributed by atoms with Gasteiger partial charge in [0.25, 0.3) is 0 Å². The molecular weight excluding hydrogens is 260 g/mol. The largest absolute Gasteiger partial charge is 0.304 e. The van der Waals surface area contributed by atoms with E-state index in [0.29, 0.717) is 6.42 Å². The van der Waals surface area contributed by atoms with Gasteiger partial charge in [0.05, 0.1) is 5.75 Å². The third-order valence-corrected chi connectivity index (χ3v) is 4.43. The Hall–Kier alpha value is -0.230. The van der Waals surface area contributed by atoms with Gasteiger partial charge in [0.2, 0.25) is 10.0 Å². The second-order valence-corrected chi connectivity index (χ2v) is 8.19. The van der Waals surface area contributed by atoms with Crippen LogP contribution in [-0.4, -0.2) is 20.7 Å². The van der Waals surface area contributed by atoms with E-state index in [2.05, 4.69) is 20.8 Å². The van der Waals surface area contributed by atoms with Crippen molar-refractivity contribution in [2.24, 2.45) is 10.8 Å². The van der Waals surface area contributed by atoms with E-state index < -0.39 is 22.0 Å². The highest BCUT2D eigenvalue weighted by Crippen LogP contribution is 2.37. The first-order valence-corrected chi connectivity index (χ1v) is 7.82. The average Bonchev–Trinajstić information content (AvgIpc) is 1.93. The van der Waals surface area contributed by atoms with Crippen molar-refractivity contribution in [1.29, 1.82) is 0 Å². The van der Waals surface area contributed by atoms with Crippen molar-refractivity contribution in [3.63, 3.8) is 0 Å². The molecular formula is C12H25F2NO2S. The predicted octanol–water partition coefficient (Wildman–Crippen LogP) is 3.37. The van der Waals surface area contributed by atoms with Crippen LogP contribution in [0.15, 0.2) is 0 Å². The van der Waals surface area contributed by atoms with Gasteiger partial charge in [0.1, 0.15) is 0 Å². The Labute approximate surface area is 109 Å². The lowest BCUT2D eigenvalue weighted by atomic mass is 9.74. The Morgan fingerprint density at radius 1 is 1.11 bits per heavy atom. The normalized spacial score (nSPS) is 14.2. The van der Waals surface area contributed by atoms with E-state index in [-0.39, 0.29) is 11.2 Å². The third-order valence-electron chi connectivity index (χ3n) is 2.73. The van der Waals surface area contributed by atoms with Gasteiger partial charge < -0.3 is 0 Å². The highest BCUT2D eigenvalue weighted by atomic mass is 32.2. The zero-order chi connectivity index (χ0) is 14.6. The molecule has 0 saturated carbocycles. The zero-order valence-electron chi connectivity index (χ0n) is 11.9. The van der Waals surface area contributed by atoms with Crippen molar-refractivity contribution >= 4 is 10.0 Å². The van der Waals surface area contributed by atoms with Crippen LogP contribution in [0, 0.1) is 10.8 Å². The van der Waals surface area contributed by atoms with Crippen molar-refractivity contribution in [3.8, 4) is 0 Å². The number of sulfonamides is 1. The average molecular weight is 285 g/mol. The van der Waals surface area contributed by atoms with Crippen LogP contribution in [0.2, 0.25) is 0 Å². The molecule has 1 N–H and O–H groups in total. The summed E-state index contributed by atoms with van der Waals surface area (Å²) >= 11 is 0. The van der Waals surface area contributed by atoms with Crippen molar-refractivity contribution in [2.75, 3.05) is 5.75 Å². The van der Waals surface area contributed by atoms with Crippen molar-refractivity contribution in [3.05, 3.63) is 0 Å². The fraction of sp³-hybridized carbons (Fsp3) is 1.00. The lowest BCUT2D eigenvalue weighted by molar-refractivity contribution is 0.135. The van der Waals surface area contributed by atoms with Gasteiger partial charge in [0.15, 0.2) is 0 Å². The van der Waals surface area contributed by atoms with Gasteiger partial charge in [-0.05, 0) is 23.7 Å². The molecule has 18 heavy (non-hydrogen) atoms. The molecule has 0 aromatic rings. The first kappa shape index (κ1) is 17.8. The molecule has 0 atom stereocenters. The number of hydrogen-bond donors (Lipinski definition) is 1. The summed E-state index contributed by atoms with van der Waals surface area (Å²) in [5, 5.41) is 0. The number of hydrogen-bond acceptors (Lipinski definition) is 2. The molecule has 0 amide bonds. The Morgan fingerprint density at radius 3 is 2.00 bits per heavy atom. The van der Waals surface area contributed by atoms with Crippen molar-refractivity contribution < 1.29 is 17.2 Å². The fourth-order valence-corrected chi connectivity index (χ4v) is 4.29. The molecule has 0 heterocycles. The molecule has 0 aromatic carbocycles. The minimum Gasteiger partial charge on any atom is -0.212 e. The molecule has 0 radical (unpaired) electrons. The van der Waals surface area contributed by atoms with Crippen LogP contribution in [0.4, 0.5) is 8.78 Å². The highest BCUT2D eigenvalue weighted by molar-refractivity contribution is 7.89. The molecule has 0 rings (SSSR count). The van der Waals surface area contributed by atoms with E-state index in [4.69, 9.17) is 0 Å². The first-order chi connectivity index (χ1) is 7.89. The van der Waals surface area contributed by atoms with Crippen molar-refractivity contribution in [2.45, 2.75) is 60.4 Å². The van der Waals surface area contributed by atoms with Crippen LogP contribution in [0.5, 0.6) is 0 Å². The van der Waals surface area contributed by atoms with Crippen LogP contribution >= 0.6 is 0 Å². The van der Waals surface area contributed by atoms with Crippen LogP contribution in [0.1, 0.15) is 53.9 Å². The van der Waals surface area contributed by atoms with E-state index in [1.807, 2.05) is 0 Å². The summed E-state index contributed by atoms with van der Waals surface area (Å²) in [6, 6.07) is 0. The number of halogens is 2. The molecule has 0 aromatic heterocycles. The molecule has 0 aliphatic heterocycles. The van der Waals surface area contributed by atoms with E-state index in [1.165, 1.54) is 4.72 Å². The number of rotatable bonds is 8. The van der Waals surface area contributed by atoms with E-state index in [1.54, 1.807) is 13.8 Å².